The summed E-state index contributed by atoms with van der Waals surface area (Å²) in [5.74, 6) is 1.87. The van der Waals surface area contributed by atoms with E-state index in [0.717, 1.165) is 60.5 Å². The SMILES string of the molecule is c1ccc(-c2nc(-c3ccccc3)nc(-c3cccc(-c4ccc5c(-c6cc7oc8ccccc8c7cn6)nncc5c4)c3)n2)cc1. The molecule has 0 saturated heterocycles. The third-order valence-corrected chi connectivity index (χ3v) is 8.32. The number of furan rings is 1. The van der Waals surface area contributed by atoms with Gasteiger partial charge in [-0.15, -0.1) is 5.10 Å². The van der Waals surface area contributed by atoms with Gasteiger partial charge in [-0.25, -0.2) is 15.0 Å². The zero-order valence-corrected chi connectivity index (χ0v) is 24.9. The largest absolute Gasteiger partial charge is 0.456 e. The Labute approximate surface area is 269 Å². The van der Waals surface area contributed by atoms with Gasteiger partial charge in [-0.05, 0) is 29.3 Å². The van der Waals surface area contributed by atoms with Crippen LogP contribution < -0.4 is 0 Å². The van der Waals surface area contributed by atoms with Crippen LogP contribution in [0.5, 0.6) is 0 Å². The lowest BCUT2D eigenvalue weighted by Gasteiger charge is -2.10. The molecule has 0 unspecified atom stereocenters. The Kier molecular flexibility index (Phi) is 6.31. The van der Waals surface area contributed by atoms with Crippen LogP contribution in [-0.2, 0) is 0 Å². The van der Waals surface area contributed by atoms with Gasteiger partial charge >= 0.3 is 0 Å². The molecule has 0 saturated carbocycles. The summed E-state index contributed by atoms with van der Waals surface area (Å²) >= 11 is 0. The zero-order chi connectivity index (χ0) is 31.2. The summed E-state index contributed by atoms with van der Waals surface area (Å²) in [6.07, 6.45) is 3.64. The molecule has 4 aromatic heterocycles. The van der Waals surface area contributed by atoms with Crippen LogP contribution in [0.4, 0.5) is 0 Å². The summed E-state index contributed by atoms with van der Waals surface area (Å²) in [6, 6.07) is 44.5. The van der Waals surface area contributed by atoms with Crippen LogP contribution in [0.1, 0.15) is 0 Å². The summed E-state index contributed by atoms with van der Waals surface area (Å²) < 4.78 is 6.11. The lowest BCUT2D eigenvalue weighted by Crippen LogP contribution is -2.00. The van der Waals surface area contributed by atoms with E-state index in [1.165, 1.54) is 0 Å². The van der Waals surface area contributed by atoms with Gasteiger partial charge in [0.15, 0.2) is 17.5 Å². The van der Waals surface area contributed by atoms with Gasteiger partial charge in [0.05, 0.1) is 11.9 Å². The van der Waals surface area contributed by atoms with Crippen molar-refractivity contribution >= 4 is 32.7 Å². The van der Waals surface area contributed by atoms with E-state index < -0.39 is 0 Å². The normalized spacial score (nSPS) is 11.4. The second kappa shape index (κ2) is 11.1. The van der Waals surface area contributed by atoms with E-state index in [4.69, 9.17) is 24.4 Å². The van der Waals surface area contributed by atoms with E-state index in [1.54, 1.807) is 6.20 Å². The molecule has 0 N–H and O–H groups in total. The number of pyridine rings is 1. The maximum absolute atomic E-state index is 6.11. The Morgan fingerprint density at radius 3 is 1.83 bits per heavy atom. The Morgan fingerprint density at radius 2 is 1.06 bits per heavy atom. The van der Waals surface area contributed by atoms with Crippen molar-refractivity contribution in [3.8, 4) is 56.7 Å². The summed E-state index contributed by atoms with van der Waals surface area (Å²) in [5, 5.41) is 12.8. The van der Waals surface area contributed by atoms with E-state index in [2.05, 4.69) is 40.5 Å². The summed E-state index contributed by atoms with van der Waals surface area (Å²) in [4.78, 5) is 19.4. The number of hydrogen-bond donors (Lipinski definition) is 0. The van der Waals surface area contributed by atoms with Crippen LogP contribution >= 0.6 is 0 Å². The van der Waals surface area contributed by atoms with Gasteiger partial charge < -0.3 is 4.42 Å². The first-order chi connectivity index (χ1) is 23.3. The van der Waals surface area contributed by atoms with Crippen molar-refractivity contribution in [1.29, 1.82) is 0 Å². The third-order valence-electron chi connectivity index (χ3n) is 8.32. The molecule has 7 heteroatoms. The smallest absolute Gasteiger partial charge is 0.164 e. The second-order valence-electron chi connectivity index (χ2n) is 11.3. The minimum atomic E-state index is 0.612. The van der Waals surface area contributed by atoms with Crippen LogP contribution in [0, 0.1) is 0 Å². The first-order valence-electron chi connectivity index (χ1n) is 15.3. The molecule has 0 spiro atoms. The highest BCUT2D eigenvalue weighted by molar-refractivity contribution is 6.06. The predicted octanol–water partition coefficient (Wildman–Crippen LogP) is 9.44. The van der Waals surface area contributed by atoms with Gasteiger partial charge in [0.25, 0.3) is 0 Å². The lowest BCUT2D eigenvalue weighted by atomic mass is 9.99. The molecule has 0 fully saturated rings. The number of rotatable bonds is 5. The Bertz CT molecular complexity index is 2520. The molecule has 0 amide bonds. The fraction of sp³-hybridized carbons (Fsp3) is 0. The van der Waals surface area contributed by atoms with Gasteiger partial charge in [0.2, 0.25) is 0 Å². The molecule has 9 aromatic rings. The van der Waals surface area contributed by atoms with E-state index in [-0.39, 0.29) is 0 Å². The summed E-state index contributed by atoms with van der Waals surface area (Å²) in [7, 11) is 0. The Morgan fingerprint density at radius 1 is 0.426 bits per heavy atom. The number of aromatic nitrogens is 6. The molecular formula is C40H24N6O. The van der Waals surface area contributed by atoms with E-state index in [9.17, 15) is 0 Å². The molecule has 0 atom stereocenters. The zero-order valence-electron chi connectivity index (χ0n) is 24.9. The quantitative estimate of drug-likeness (QED) is 0.193. The molecule has 7 nitrogen and oxygen atoms in total. The van der Waals surface area contributed by atoms with Gasteiger partial charge in [-0.2, -0.15) is 5.10 Å². The molecule has 0 aliphatic carbocycles. The second-order valence-corrected chi connectivity index (χ2v) is 11.3. The molecule has 4 heterocycles. The summed E-state index contributed by atoms with van der Waals surface area (Å²) in [5.41, 5.74) is 7.87. The molecule has 47 heavy (non-hydrogen) atoms. The highest BCUT2D eigenvalue weighted by atomic mass is 16.3. The highest BCUT2D eigenvalue weighted by Gasteiger charge is 2.15. The standard InChI is InChI=1S/C40H24N6O/c1-3-10-25(11-4-1)38-43-39(26-12-5-2-6-13-26)45-40(44-38)29-15-9-14-27(20-29)28-18-19-31-30(21-28)23-42-46-37(31)34-22-36-33(24-41-34)32-16-7-8-17-35(32)47-36/h1-24H. The van der Waals surface area contributed by atoms with E-state index in [1.807, 2.05) is 109 Å². The van der Waals surface area contributed by atoms with Crippen molar-refractivity contribution in [2.75, 3.05) is 0 Å². The van der Waals surface area contributed by atoms with Gasteiger partial charge in [0.1, 0.15) is 16.9 Å². The number of hydrogen-bond acceptors (Lipinski definition) is 7. The fourth-order valence-corrected chi connectivity index (χ4v) is 5.98. The number of para-hydroxylation sites is 1. The van der Waals surface area contributed by atoms with Crippen molar-refractivity contribution in [3.63, 3.8) is 0 Å². The maximum Gasteiger partial charge on any atom is 0.164 e. The van der Waals surface area contributed by atoms with Crippen molar-refractivity contribution in [2.24, 2.45) is 0 Å². The third kappa shape index (κ3) is 4.87. The number of fused-ring (bicyclic) bond motifs is 4. The van der Waals surface area contributed by atoms with Crippen LogP contribution in [0.2, 0.25) is 0 Å². The molecule has 5 aromatic carbocycles. The van der Waals surface area contributed by atoms with Crippen LogP contribution in [-0.4, -0.2) is 30.1 Å². The molecular weight excluding hydrogens is 580 g/mol. The first kappa shape index (κ1) is 26.8. The highest BCUT2D eigenvalue weighted by Crippen LogP contribution is 2.34. The van der Waals surface area contributed by atoms with Crippen molar-refractivity contribution in [1.82, 2.24) is 30.1 Å². The minimum absolute atomic E-state index is 0.612. The predicted molar refractivity (Wildman–Crippen MR) is 185 cm³/mol. The maximum atomic E-state index is 6.11. The van der Waals surface area contributed by atoms with Crippen molar-refractivity contribution < 1.29 is 4.42 Å². The molecule has 0 radical (unpaired) electrons. The monoisotopic (exact) mass is 604 g/mol. The van der Waals surface area contributed by atoms with Crippen LogP contribution in [0.15, 0.2) is 150 Å². The number of benzene rings is 5. The Balaban J connectivity index is 1.11. The van der Waals surface area contributed by atoms with E-state index >= 15 is 0 Å². The molecule has 0 aliphatic heterocycles. The minimum Gasteiger partial charge on any atom is -0.456 e. The van der Waals surface area contributed by atoms with Gasteiger partial charge in [-0.1, -0.05) is 109 Å². The average Bonchev–Trinajstić information content (AvgIpc) is 3.53. The average molecular weight is 605 g/mol. The fourth-order valence-electron chi connectivity index (χ4n) is 5.98. The number of nitrogens with zero attached hydrogens (tertiary/aromatic N) is 6. The van der Waals surface area contributed by atoms with Crippen molar-refractivity contribution in [2.45, 2.75) is 0 Å². The Hall–Kier alpha value is -6.60. The van der Waals surface area contributed by atoms with Gasteiger partial charge in [-0.3, -0.25) is 4.98 Å². The van der Waals surface area contributed by atoms with Crippen LogP contribution in [0.3, 0.4) is 0 Å². The first-order valence-corrected chi connectivity index (χ1v) is 15.3. The summed E-state index contributed by atoms with van der Waals surface area (Å²) in [6.45, 7) is 0. The van der Waals surface area contributed by atoms with E-state index in [0.29, 0.717) is 28.9 Å². The van der Waals surface area contributed by atoms with Gasteiger partial charge in [0, 0.05) is 50.5 Å². The topological polar surface area (TPSA) is 90.5 Å². The molecule has 0 bridgehead atoms. The molecule has 9 rings (SSSR count). The van der Waals surface area contributed by atoms with Crippen LogP contribution in [0.25, 0.3) is 89.4 Å². The van der Waals surface area contributed by atoms with Crippen molar-refractivity contribution in [3.05, 3.63) is 146 Å². The molecule has 0 aliphatic rings. The molecule has 220 valence electrons. The lowest BCUT2D eigenvalue weighted by molar-refractivity contribution is 0.668.